The third-order valence-corrected chi connectivity index (χ3v) is 3.25. The van der Waals surface area contributed by atoms with E-state index in [1.807, 2.05) is 0 Å². The number of benzene rings is 1. The van der Waals surface area contributed by atoms with Gasteiger partial charge in [-0.15, -0.1) is 0 Å². The summed E-state index contributed by atoms with van der Waals surface area (Å²) in [6.45, 7) is 0.512. The molecule has 114 valence electrons. The van der Waals surface area contributed by atoms with Crippen LogP contribution in [0.15, 0.2) is 24.3 Å². The van der Waals surface area contributed by atoms with Crippen LogP contribution in [0.25, 0.3) is 0 Å². The lowest BCUT2D eigenvalue weighted by Gasteiger charge is -2.15. The Morgan fingerprint density at radius 2 is 2.10 bits per heavy atom. The van der Waals surface area contributed by atoms with E-state index in [0.29, 0.717) is 18.5 Å². The SMILES string of the molecule is O=C(CN1CCCC1=O)NCc1cccc(C(F)(F)F)c1. The van der Waals surface area contributed by atoms with Gasteiger partial charge in [-0.3, -0.25) is 9.59 Å². The first-order valence-corrected chi connectivity index (χ1v) is 6.57. The molecule has 1 saturated heterocycles. The summed E-state index contributed by atoms with van der Waals surface area (Å²) in [6, 6.07) is 4.79. The molecular weight excluding hydrogens is 285 g/mol. The van der Waals surface area contributed by atoms with Crippen LogP contribution < -0.4 is 5.32 Å². The molecule has 1 fully saturated rings. The minimum absolute atomic E-state index is 0.00475. The summed E-state index contributed by atoms with van der Waals surface area (Å²) in [4.78, 5) is 24.5. The number of nitrogens with one attached hydrogen (secondary N) is 1. The van der Waals surface area contributed by atoms with Gasteiger partial charge < -0.3 is 10.2 Å². The number of rotatable bonds is 4. The highest BCUT2D eigenvalue weighted by molar-refractivity contribution is 5.85. The summed E-state index contributed by atoms with van der Waals surface area (Å²) in [5, 5.41) is 2.52. The predicted molar refractivity (Wildman–Crippen MR) is 69.1 cm³/mol. The zero-order valence-electron chi connectivity index (χ0n) is 11.2. The number of hydrogen-bond donors (Lipinski definition) is 1. The maximum atomic E-state index is 12.5. The molecule has 1 aromatic carbocycles. The van der Waals surface area contributed by atoms with Crippen molar-refractivity contribution in [2.24, 2.45) is 0 Å². The topological polar surface area (TPSA) is 49.4 Å². The minimum Gasteiger partial charge on any atom is -0.350 e. The van der Waals surface area contributed by atoms with Gasteiger partial charge in [0.2, 0.25) is 11.8 Å². The van der Waals surface area contributed by atoms with Gasteiger partial charge in [0.15, 0.2) is 0 Å². The fourth-order valence-electron chi connectivity index (χ4n) is 2.16. The van der Waals surface area contributed by atoms with Crippen molar-refractivity contribution in [3.05, 3.63) is 35.4 Å². The highest BCUT2D eigenvalue weighted by Crippen LogP contribution is 2.29. The summed E-state index contributed by atoms with van der Waals surface area (Å²) in [5.41, 5.74) is -0.380. The molecule has 1 N–H and O–H groups in total. The van der Waals surface area contributed by atoms with Gasteiger partial charge in [-0.25, -0.2) is 0 Å². The van der Waals surface area contributed by atoms with Crippen molar-refractivity contribution in [3.8, 4) is 0 Å². The summed E-state index contributed by atoms with van der Waals surface area (Å²) >= 11 is 0. The maximum absolute atomic E-state index is 12.5. The molecule has 4 nitrogen and oxygen atoms in total. The summed E-state index contributed by atoms with van der Waals surface area (Å²) in [6.07, 6.45) is -3.22. The Balaban J connectivity index is 1.88. The second kappa shape index (κ2) is 6.15. The van der Waals surface area contributed by atoms with E-state index in [1.165, 1.54) is 17.0 Å². The second-order valence-electron chi connectivity index (χ2n) is 4.89. The standard InChI is InChI=1S/C14H15F3N2O2/c15-14(16,17)11-4-1-3-10(7-11)8-18-12(20)9-19-6-2-5-13(19)21/h1,3-4,7H,2,5-6,8-9H2,(H,18,20). The Morgan fingerprint density at radius 1 is 1.33 bits per heavy atom. The zero-order chi connectivity index (χ0) is 15.5. The molecule has 1 aliphatic rings. The quantitative estimate of drug-likeness (QED) is 0.924. The van der Waals surface area contributed by atoms with Crippen LogP contribution in [0, 0.1) is 0 Å². The van der Waals surface area contributed by atoms with Gasteiger partial charge in [-0.05, 0) is 24.1 Å². The monoisotopic (exact) mass is 300 g/mol. The average molecular weight is 300 g/mol. The average Bonchev–Trinajstić information content (AvgIpc) is 2.81. The maximum Gasteiger partial charge on any atom is 0.416 e. The van der Waals surface area contributed by atoms with E-state index in [2.05, 4.69) is 5.32 Å². The number of amides is 2. The van der Waals surface area contributed by atoms with E-state index in [9.17, 15) is 22.8 Å². The van der Waals surface area contributed by atoms with Crippen LogP contribution in [0.5, 0.6) is 0 Å². The van der Waals surface area contributed by atoms with Crippen molar-refractivity contribution < 1.29 is 22.8 Å². The van der Waals surface area contributed by atoms with E-state index >= 15 is 0 Å². The van der Waals surface area contributed by atoms with E-state index in [1.54, 1.807) is 0 Å². The van der Waals surface area contributed by atoms with E-state index in [-0.39, 0.29) is 24.9 Å². The molecule has 0 radical (unpaired) electrons. The van der Waals surface area contributed by atoms with Crippen molar-refractivity contribution in [3.63, 3.8) is 0 Å². The Labute approximate surface area is 119 Å². The molecular formula is C14H15F3N2O2. The van der Waals surface area contributed by atoms with E-state index in [0.717, 1.165) is 18.6 Å². The number of hydrogen-bond acceptors (Lipinski definition) is 2. The third kappa shape index (κ3) is 4.21. The fraction of sp³-hybridized carbons (Fsp3) is 0.429. The molecule has 0 saturated carbocycles. The minimum atomic E-state index is -4.40. The molecule has 0 aliphatic carbocycles. The molecule has 2 rings (SSSR count). The van der Waals surface area contributed by atoms with Crippen LogP contribution in [0.2, 0.25) is 0 Å². The van der Waals surface area contributed by atoms with Gasteiger partial charge >= 0.3 is 6.18 Å². The van der Waals surface area contributed by atoms with Gasteiger partial charge in [0, 0.05) is 19.5 Å². The number of carbonyl (C=O) groups is 2. The molecule has 1 heterocycles. The third-order valence-electron chi connectivity index (χ3n) is 3.25. The largest absolute Gasteiger partial charge is 0.416 e. The van der Waals surface area contributed by atoms with E-state index < -0.39 is 11.7 Å². The number of nitrogens with zero attached hydrogens (tertiary/aromatic N) is 1. The highest BCUT2D eigenvalue weighted by Gasteiger charge is 2.30. The molecule has 1 aromatic rings. The van der Waals surface area contributed by atoms with Gasteiger partial charge in [0.25, 0.3) is 0 Å². The smallest absolute Gasteiger partial charge is 0.350 e. The van der Waals surface area contributed by atoms with Crippen molar-refractivity contribution >= 4 is 11.8 Å². The zero-order valence-corrected chi connectivity index (χ0v) is 11.2. The van der Waals surface area contributed by atoms with Crippen molar-refractivity contribution in [1.82, 2.24) is 10.2 Å². The van der Waals surface area contributed by atoms with Crippen molar-refractivity contribution in [2.45, 2.75) is 25.6 Å². The first-order chi connectivity index (χ1) is 9.86. The lowest BCUT2D eigenvalue weighted by Crippen LogP contribution is -2.37. The number of carbonyl (C=O) groups excluding carboxylic acids is 2. The number of likely N-dealkylation sites (tertiary alicyclic amines) is 1. The molecule has 0 unspecified atom stereocenters. The van der Waals surface area contributed by atoms with Crippen LogP contribution in [-0.4, -0.2) is 29.8 Å². The van der Waals surface area contributed by atoms with Crippen LogP contribution >= 0.6 is 0 Å². The molecule has 0 aromatic heterocycles. The highest BCUT2D eigenvalue weighted by atomic mass is 19.4. The van der Waals surface area contributed by atoms with Gasteiger partial charge in [-0.1, -0.05) is 12.1 Å². The molecule has 7 heteroatoms. The Morgan fingerprint density at radius 3 is 2.71 bits per heavy atom. The normalized spacial score (nSPS) is 15.4. The summed E-state index contributed by atoms with van der Waals surface area (Å²) in [5.74, 6) is -0.438. The summed E-state index contributed by atoms with van der Waals surface area (Å²) in [7, 11) is 0. The molecule has 1 aliphatic heterocycles. The first-order valence-electron chi connectivity index (χ1n) is 6.57. The van der Waals surface area contributed by atoms with Crippen molar-refractivity contribution in [2.75, 3.05) is 13.1 Å². The molecule has 21 heavy (non-hydrogen) atoms. The van der Waals surface area contributed by atoms with E-state index in [4.69, 9.17) is 0 Å². The van der Waals surface area contributed by atoms with Crippen LogP contribution in [0.3, 0.4) is 0 Å². The second-order valence-corrected chi connectivity index (χ2v) is 4.89. The fourth-order valence-corrected chi connectivity index (χ4v) is 2.16. The van der Waals surface area contributed by atoms with Gasteiger partial charge in [0.05, 0.1) is 12.1 Å². The number of halogens is 3. The van der Waals surface area contributed by atoms with Crippen molar-refractivity contribution in [1.29, 1.82) is 0 Å². The molecule has 0 bridgehead atoms. The Kier molecular flexibility index (Phi) is 4.50. The Bertz CT molecular complexity index is 543. The van der Waals surface area contributed by atoms with Gasteiger partial charge in [0.1, 0.15) is 0 Å². The molecule has 0 spiro atoms. The lowest BCUT2D eigenvalue weighted by atomic mass is 10.1. The van der Waals surface area contributed by atoms with Crippen LogP contribution in [0.4, 0.5) is 13.2 Å². The number of alkyl halides is 3. The van der Waals surface area contributed by atoms with Crippen LogP contribution in [0.1, 0.15) is 24.0 Å². The predicted octanol–water partition coefficient (Wildman–Crippen LogP) is 1.94. The Hall–Kier alpha value is -2.05. The molecule has 0 atom stereocenters. The van der Waals surface area contributed by atoms with Gasteiger partial charge in [-0.2, -0.15) is 13.2 Å². The summed E-state index contributed by atoms with van der Waals surface area (Å²) < 4.78 is 37.6. The lowest BCUT2D eigenvalue weighted by molar-refractivity contribution is -0.137. The molecule has 2 amide bonds. The first kappa shape index (κ1) is 15.3. The van der Waals surface area contributed by atoms with Crippen LogP contribution in [-0.2, 0) is 22.3 Å².